The van der Waals surface area contributed by atoms with Crippen LogP contribution in [0.1, 0.15) is 58.2 Å². The van der Waals surface area contributed by atoms with Crippen LogP contribution in [0.5, 0.6) is 0 Å². The van der Waals surface area contributed by atoms with E-state index in [9.17, 15) is 0 Å². The molecule has 0 N–H and O–H groups in total. The number of aryl methyl sites for hydroxylation is 1. The number of rotatable bonds is 5. The lowest BCUT2D eigenvalue weighted by Crippen LogP contribution is -2.61. The lowest BCUT2D eigenvalue weighted by Gasteiger charge is -2.43. The van der Waals surface area contributed by atoms with Crippen molar-refractivity contribution in [2.24, 2.45) is 0 Å². The number of para-hydroxylation sites is 2. The monoisotopic (exact) mass is 802 g/mol. The number of anilines is 9. The van der Waals surface area contributed by atoms with Crippen molar-refractivity contribution in [2.45, 2.75) is 59.3 Å². The summed E-state index contributed by atoms with van der Waals surface area (Å²) < 4.78 is 2.38. The van der Waals surface area contributed by atoms with Gasteiger partial charge in [-0.1, -0.05) is 133 Å². The van der Waals surface area contributed by atoms with Crippen LogP contribution in [0.4, 0.5) is 51.3 Å². The van der Waals surface area contributed by atoms with Crippen molar-refractivity contribution in [3.05, 3.63) is 199 Å². The van der Waals surface area contributed by atoms with Crippen LogP contribution in [0.25, 0.3) is 16.3 Å². The Morgan fingerprint density at radius 1 is 0.484 bits per heavy atom. The van der Waals surface area contributed by atoms with Crippen molar-refractivity contribution in [1.29, 1.82) is 0 Å². The minimum Gasteiger partial charge on any atom is -0.311 e. The maximum Gasteiger partial charge on any atom is 0.254 e. The fourth-order valence-corrected chi connectivity index (χ4v) is 10.2. The minimum absolute atomic E-state index is 0.00546. The summed E-state index contributed by atoms with van der Waals surface area (Å²) in [6, 6.07) is 65.7. The molecule has 0 spiro atoms. The number of hydrogen-bond acceptors (Lipinski definition) is 3. The third-order valence-electron chi connectivity index (χ3n) is 13.0. The number of pyridine rings is 1. The van der Waals surface area contributed by atoms with E-state index in [-0.39, 0.29) is 17.5 Å². The zero-order valence-corrected chi connectivity index (χ0v) is 36.7. The SMILES string of the molecule is Cc1cc2c3c(c1)N(c1ccccc1)c1c(cc4ccccn14)B3c1ccc(N(c3ccc(C(C)(C)C)cc3)c3ccc(C(C)(C)C)c4ccccc34)cc1N2c1ccccc1. The molecule has 4 nitrogen and oxygen atoms in total. The summed E-state index contributed by atoms with van der Waals surface area (Å²) in [5.74, 6) is 1.19. The smallest absolute Gasteiger partial charge is 0.254 e. The molecule has 0 amide bonds. The maximum absolute atomic E-state index is 2.52. The molecule has 302 valence electrons. The summed E-state index contributed by atoms with van der Waals surface area (Å²) in [4.78, 5) is 7.49. The van der Waals surface area contributed by atoms with Crippen molar-refractivity contribution in [3.8, 4) is 0 Å². The Hall–Kier alpha value is -6.98. The highest BCUT2D eigenvalue weighted by molar-refractivity contribution is 7.00. The van der Waals surface area contributed by atoms with E-state index in [0.717, 1.165) is 28.4 Å². The molecule has 0 atom stereocenters. The molecule has 2 aromatic heterocycles. The van der Waals surface area contributed by atoms with Gasteiger partial charge in [0.15, 0.2) is 0 Å². The van der Waals surface area contributed by atoms with Crippen molar-refractivity contribution in [2.75, 3.05) is 14.7 Å². The Kier molecular flexibility index (Phi) is 8.60. The molecule has 2 aliphatic heterocycles. The van der Waals surface area contributed by atoms with Crippen molar-refractivity contribution < 1.29 is 0 Å². The number of hydrogen-bond donors (Lipinski definition) is 0. The van der Waals surface area contributed by atoms with Gasteiger partial charge in [-0.15, -0.1) is 0 Å². The van der Waals surface area contributed by atoms with Gasteiger partial charge in [-0.3, -0.25) is 4.90 Å². The summed E-state index contributed by atoms with van der Waals surface area (Å²) in [6.45, 7) is 16.0. The molecule has 7 aromatic carbocycles. The van der Waals surface area contributed by atoms with Crippen molar-refractivity contribution in [3.63, 3.8) is 0 Å². The molecule has 62 heavy (non-hydrogen) atoms. The van der Waals surface area contributed by atoms with E-state index >= 15 is 0 Å². The first-order valence-corrected chi connectivity index (χ1v) is 22.0. The van der Waals surface area contributed by atoms with Gasteiger partial charge in [-0.25, -0.2) is 0 Å². The number of fused-ring (bicyclic) bond motifs is 7. The van der Waals surface area contributed by atoms with Crippen LogP contribution in [0.2, 0.25) is 0 Å². The van der Waals surface area contributed by atoms with E-state index < -0.39 is 0 Å². The third-order valence-corrected chi connectivity index (χ3v) is 13.0. The molecule has 0 unspecified atom stereocenters. The molecule has 2 aliphatic rings. The van der Waals surface area contributed by atoms with Crippen LogP contribution in [-0.2, 0) is 10.8 Å². The summed E-state index contributed by atoms with van der Waals surface area (Å²) in [7, 11) is 0. The molecule has 0 bridgehead atoms. The second kappa shape index (κ2) is 14.0. The first-order chi connectivity index (χ1) is 30.0. The molecule has 11 rings (SSSR count). The zero-order valence-electron chi connectivity index (χ0n) is 36.7. The van der Waals surface area contributed by atoms with Gasteiger partial charge >= 0.3 is 0 Å². The fraction of sp³-hybridized carbons (Fsp3) is 0.158. The first kappa shape index (κ1) is 38.0. The summed E-state index contributed by atoms with van der Waals surface area (Å²) in [5, 5.41) is 2.52. The highest BCUT2D eigenvalue weighted by atomic mass is 15.2. The Morgan fingerprint density at radius 2 is 1.10 bits per heavy atom. The van der Waals surface area contributed by atoms with Gasteiger partial charge in [0.1, 0.15) is 5.82 Å². The van der Waals surface area contributed by atoms with E-state index in [1.807, 2.05) is 0 Å². The van der Waals surface area contributed by atoms with Gasteiger partial charge in [0, 0.05) is 56.9 Å². The minimum atomic E-state index is -0.0114. The molecule has 5 heteroatoms. The van der Waals surface area contributed by atoms with Crippen LogP contribution in [0, 0.1) is 6.92 Å². The molecule has 0 saturated carbocycles. The quantitative estimate of drug-likeness (QED) is 0.161. The van der Waals surface area contributed by atoms with Crippen LogP contribution in [0.15, 0.2) is 182 Å². The first-order valence-electron chi connectivity index (χ1n) is 22.0. The predicted octanol–water partition coefficient (Wildman–Crippen LogP) is 13.5. The largest absolute Gasteiger partial charge is 0.311 e. The normalized spacial score (nSPS) is 13.3. The molecule has 0 saturated heterocycles. The molecular formula is C57H51BN4. The molecule has 4 heterocycles. The molecule has 0 radical (unpaired) electrons. The molecule has 9 aromatic rings. The molecule has 0 aliphatic carbocycles. The lowest BCUT2D eigenvalue weighted by atomic mass is 9.34. The molecule has 0 fully saturated rings. The van der Waals surface area contributed by atoms with E-state index in [4.69, 9.17) is 0 Å². The van der Waals surface area contributed by atoms with E-state index in [1.165, 1.54) is 72.2 Å². The van der Waals surface area contributed by atoms with Gasteiger partial charge in [-0.2, -0.15) is 0 Å². The van der Waals surface area contributed by atoms with Gasteiger partial charge in [0.05, 0.1) is 5.69 Å². The number of benzene rings is 7. The number of nitrogens with zero attached hydrogens (tertiary/aromatic N) is 4. The van der Waals surface area contributed by atoms with Gasteiger partial charge in [0.2, 0.25) is 0 Å². The Bertz CT molecular complexity index is 3170. The summed E-state index contributed by atoms with van der Waals surface area (Å²) in [6.07, 6.45) is 2.22. The zero-order chi connectivity index (χ0) is 42.5. The van der Waals surface area contributed by atoms with Gasteiger partial charge < -0.3 is 14.2 Å². The second-order valence-corrected chi connectivity index (χ2v) is 19.2. The Balaban J connectivity index is 1.20. The Morgan fingerprint density at radius 3 is 1.77 bits per heavy atom. The highest BCUT2D eigenvalue weighted by Crippen LogP contribution is 2.48. The average Bonchev–Trinajstić information content (AvgIpc) is 3.65. The van der Waals surface area contributed by atoms with Crippen molar-refractivity contribution in [1.82, 2.24) is 4.40 Å². The van der Waals surface area contributed by atoms with E-state index in [2.05, 4.69) is 250 Å². The van der Waals surface area contributed by atoms with Crippen LogP contribution < -0.4 is 31.1 Å². The highest BCUT2D eigenvalue weighted by Gasteiger charge is 2.45. The maximum atomic E-state index is 2.52. The topological polar surface area (TPSA) is 14.1 Å². The number of aromatic nitrogens is 1. The van der Waals surface area contributed by atoms with Crippen molar-refractivity contribution >= 4 is 90.7 Å². The standard InChI is InChI=1S/C57H51BN4/c1-38-34-52-54-53(35-38)62(41-20-12-9-13-21-41)55-49(36-43-22-16-17-33-59(43)55)58(54)48-31-29-44(37-51(48)61(52)40-18-10-8-11-19-40)60(42-27-25-39(26-28-42)56(2,3)4)50-32-30-47(57(5,6)7)45-23-14-15-24-46(45)50/h8-37H,1-7H3. The summed E-state index contributed by atoms with van der Waals surface area (Å²) in [5.41, 5.74) is 18.3. The van der Waals surface area contributed by atoms with Gasteiger partial charge in [0.25, 0.3) is 6.71 Å². The van der Waals surface area contributed by atoms with Gasteiger partial charge in [-0.05, 0) is 141 Å². The Labute approximate surface area is 366 Å². The van der Waals surface area contributed by atoms with E-state index in [0.29, 0.717) is 0 Å². The lowest BCUT2D eigenvalue weighted by molar-refractivity contribution is 0.590. The van der Waals surface area contributed by atoms with Crippen LogP contribution >= 0.6 is 0 Å². The summed E-state index contributed by atoms with van der Waals surface area (Å²) >= 11 is 0. The fourth-order valence-electron chi connectivity index (χ4n) is 10.2. The van der Waals surface area contributed by atoms with Crippen LogP contribution in [-0.4, -0.2) is 11.1 Å². The average molecular weight is 803 g/mol. The van der Waals surface area contributed by atoms with E-state index in [1.54, 1.807) is 0 Å². The second-order valence-electron chi connectivity index (χ2n) is 19.2. The third kappa shape index (κ3) is 5.97. The predicted molar refractivity (Wildman–Crippen MR) is 266 cm³/mol. The van der Waals surface area contributed by atoms with Crippen LogP contribution in [0.3, 0.4) is 0 Å². The molecular weight excluding hydrogens is 751 g/mol.